The third-order valence-corrected chi connectivity index (χ3v) is 4.19. The van der Waals surface area contributed by atoms with Crippen LogP contribution in [0.15, 0.2) is 0 Å². The van der Waals surface area contributed by atoms with Gasteiger partial charge in [0.05, 0.1) is 0 Å². The van der Waals surface area contributed by atoms with E-state index in [0.29, 0.717) is 6.04 Å². The first-order chi connectivity index (χ1) is 8.17. The molecule has 2 unspecified atom stereocenters. The summed E-state index contributed by atoms with van der Waals surface area (Å²) in [5, 5.41) is 0. The molecule has 1 aliphatic heterocycles. The number of nitrogens with two attached hydrogens (primary N) is 1. The minimum Gasteiger partial charge on any atom is -0.328 e. The molecule has 1 aliphatic rings. The lowest BCUT2D eigenvalue weighted by molar-refractivity contribution is 0.0992. The molecule has 102 valence electrons. The van der Waals surface area contributed by atoms with Crippen molar-refractivity contribution in [2.24, 2.45) is 5.73 Å². The molecule has 2 N–H and O–H groups in total. The van der Waals surface area contributed by atoms with Crippen molar-refractivity contribution in [2.75, 3.05) is 32.7 Å². The van der Waals surface area contributed by atoms with E-state index in [-0.39, 0.29) is 0 Å². The summed E-state index contributed by atoms with van der Waals surface area (Å²) in [5.41, 5.74) is 5.94. The van der Waals surface area contributed by atoms with Gasteiger partial charge in [0.2, 0.25) is 0 Å². The molecular weight excluding hydrogens is 210 g/mol. The largest absolute Gasteiger partial charge is 0.328 e. The number of hydrogen-bond acceptors (Lipinski definition) is 3. The molecule has 0 bridgehead atoms. The van der Waals surface area contributed by atoms with E-state index in [4.69, 9.17) is 5.73 Å². The van der Waals surface area contributed by atoms with Gasteiger partial charge < -0.3 is 10.6 Å². The lowest BCUT2D eigenvalue weighted by Gasteiger charge is -2.37. The monoisotopic (exact) mass is 241 g/mol. The van der Waals surface area contributed by atoms with Gasteiger partial charge in [-0.15, -0.1) is 0 Å². The first kappa shape index (κ1) is 14.9. The quantitative estimate of drug-likeness (QED) is 0.739. The maximum atomic E-state index is 5.94. The number of rotatable bonds is 7. The lowest BCUT2D eigenvalue weighted by atomic mass is 10.1. The molecule has 0 aromatic heterocycles. The van der Waals surface area contributed by atoms with Crippen LogP contribution in [-0.2, 0) is 0 Å². The molecule has 0 spiro atoms. The minimum absolute atomic E-state index is 0.413. The first-order valence-electron chi connectivity index (χ1n) is 7.39. The highest BCUT2D eigenvalue weighted by atomic mass is 15.3. The molecule has 0 aromatic carbocycles. The molecular formula is C14H31N3. The molecule has 3 nitrogen and oxygen atoms in total. The normalized spacial score (nSPS) is 22.6. The maximum absolute atomic E-state index is 5.94. The second kappa shape index (κ2) is 8.06. The van der Waals surface area contributed by atoms with Gasteiger partial charge >= 0.3 is 0 Å². The molecule has 0 aliphatic carbocycles. The topological polar surface area (TPSA) is 32.5 Å². The summed E-state index contributed by atoms with van der Waals surface area (Å²) in [5.74, 6) is 0. The Bertz CT molecular complexity index is 185. The van der Waals surface area contributed by atoms with E-state index in [1.807, 2.05) is 0 Å². The zero-order valence-electron chi connectivity index (χ0n) is 12.0. The summed E-state index contributed by atoms with van der Waals surface area (Å²) in [6, 6.07) is 1.17. The minimum atomic E-state index is 0.413. The van der Waals surface area contributed by atoms with E-state index in [2.05, 4.69) is 30.6 Å². The SMILES string of the molecule is CCC(N)CCCN1CCN(C(C)CC)CC1. The van der Waals surface area contributed by atoms with Gasteiger partial charge in [-0.2, -0.15) is 0 Å². The Kier molecular flexibility index (Phi) is 7.09. The molecule has 0 aromatic rings. The van der Waals surface area contributed by atoms with E-state index in [1.165, 1.54) is 52.0 Å². The van der Waals surface area contributed by atoms with Crippen molar-refractivity contribution in [3.05, 3.63) is 0 Å². The third-order valence-electron chi connectivity index (χ3n) is 4.19. The summed E-state index contributed by atoms with van der Waals surface area (Å²) in [6.45, 7) is 13.0. The fourth-order valence-corrected chi connectivity index (χ4v) is 2.47. The van der Waals surface area contributed by atoms with Gasteiger partial charge in [-0.1, -0.05) is 13.8 Å². The zero-order valence-corrected chi connectivity index (χ0v) is 12.0. The Morgan fingerprint density at radius 1 is 1.06 bits per heavy atom. The average Bonchev–Trinajstić information content (AvgIpc) is 2.38. The van der Waals surface area contributed by atoms with E-state index >= 15 is 0 Å². The average molecular weight is 241 g/mol. The maximum Gasteiger partial charge on any atom is 0.0113 e. The fourth-order valence-electron chi connectivity index (χ4n) is 2.47. The highest BCUT2D eigenvalue weighted by molar-refractivity contribution is 4.75. The van der Waals surface area contributed by atoms with Crippen LogP contribution >= 0.6 is 0 Å². The van der Waals surface area contributed by atoms with Crippen molar-refractivity contribution in [2.45, 2.75) is 58.5 Å². The van der Waals surface area contributed by atoms with E-state index in [9.17, 15) is 0 Å². The number of nitrogens with zero attached hydrogens (tertiary/aromatic N) is 2. The van der Waals surface area contributed by atoms with Crippen LogP contribution < -0.4 is 5.73 Å². The molecule has 0 radical (unpaired) electrons. The Morgan fingerprint density at radius 3 is 2.24 bits per heavy atom. The summed E-state index contributed by atoms with van der Waals surface area (Å²) >= 11 is 0. The highest BCUT2D eigenvalue weighted by Crippen LogP contribution is 2.09. The van der Waals surface area contributed by atoms with Gasteiger partial charge in [0, 0.05) is 38.3 Å². The number of piperazine rings is 1. The molecule has 1 heterocycles. The van der Waals surface area contributed by atoms with Gasteiger partial charge in [-0.25, -0.2) is 0 Å². The Labute approximate surface area is 107 Å². The van der Waals surface area contributed by atoms with Gasteiger partial charge in [0.25, 0.3) is 0 Å². The van der Waals surface area contributed by atoms with Gasteiger partial charge in [0.1, 0.15) is 0 Å². The third kappa shape index (κ3) is 5.36. The molecule has 3 heteroatoms. The highest BCUT2D eigenvalue weighted by Gasteiger charge is 2.19. The lowest BCUT2D eigenvalue weighted by Crippen LogP contribution is -2.49. The second-order valence-corrected chi connectivity index (χ2v) is 5.45. The summed E-state index contributed by atoms with van der Waals surface area (Å²) < 4.78 is 0. The van der Waals surface area contributed by atoms with Gasteiger partial charge in [0.15, 0.2) is 0 Å². The summed E-state index contributed by atoms with van der Waals surface area (Å²) in [6.07, 6.45) is 4.83. The van der Waals surface area contributed by atoms with Crippen LogP contribution in [0, 0.1) is 0 Å². The Balaban J connectivity index is 2.11. The summed E-state index contributed by atoms with van der Waals surface area (Å²) in [7, 11) is 0. The van der Waals surface area contributed by atoms with Crippen LogP contribution in [0.2, 0.25) is 0 Å². The fraction of sp³-hybridized carbons (Fsp3) is 1.00. The van der Waals surface area contributed by atoms with E-state index < -0.39 is 0 Å². The van der Waals surface area contributed by atoms with Crippen molar-refractivity contribution >= 4 is 0 Å². The van der Waals surface area contributed by atoms with Crippen LogP contribution in [-0.4, -0.2) is 54.6 Å². The predicted octanol–water partition coefficient (Wildman–Crippen LogP) is 1.92. The zero-order chi connectivity index (χ0) is 12.7. The van der Waals surface area contributed by atoms with Crippen LogP contribution in [0.3, 0.4) is 0 Å². The van der Waals surface area contributed by atoms with Crippen molar-refractivity contribution in [3.8, 4) is 0 Å². The van der Waals surface area contributed by atoms with Crippen molar-refractivity contribution in [1.82, 2.24) is 9.80 Å². The Morgan fingerprint density at radius 2 is 1.71 bits per heavy atom. The summed E-state index contributed by atoms with van der Waals surface area (Å²) in [4.78, 5) is 5.22. The van der Waals surface area contributed by atoms with E-state index in [1.54, 1.807) is 0 Å². The molecule has 0 amide bonds. The van der Waals surface area contributed by atoms with Crippen LogP contribution in [0.5, 0.6) is 0 Å². The predicted molar refractivity (Wildman–Crippen MR) is 75.3 cm³/mol. The van der Waals surface area contributed by atoms with Crippen molar-refractivity contribution < 1.29 is 0 Å². The smallest absolute Gasteiger partial charge is 0.0113 e. The molecule has 17 heavy (non-hydrogen) atoms. The number of hydrogen-bond donors (Lipinski definition) is 1. The van der Waals surface area contributed by atoms with Crippen LogP contribution in [0.4, 0.5) is 0 Å². The molecule has 2 atom stereocenters. The van der Waals surface area contributed by atoms with E-state index in [0.717, 1.165) is 12.5 Å². The van der Waals surface area contributed by atoms with Gasteiger partial charge in [-0.05, 0) is 39.2 Å². The van der Waals surface area contributed by atoms with Crippen LogP contribution in [0.25, 0.3) is 0 Å². The molecule has 1 saturated heterocycles. The van der Waals surface area contributed by atoms with Crippen LogP contribution in [0.1, 0.15) is 46.5 Å². The van der Waals surface area contributed by atoms with Crippen molar-refractivity contribution in [3.63, 3.8) is 0 Å². The molecule has 1 fully saturated rings. The molecule has 0 saturated carbocycles. The molecule has 1 rings (SSSR count). The Hall–Kier alpha value is -0.120. The van der Waals surface area contributed by atoms with Crippen molar-refractivity contribution in [1.29, 1.82) is 0 Å². The standard InChI is InChI=1S/C14H31N3/c1-4-13(3)17-11-9-16(10-12-17)8-6-7-14(15)5-2/h13-14H,4-12,15H2,1-3H3. The van der Waals surface area contributed by atoms with Gasteiger partial charge in [-0.3, -0.25) is 4.90 Å². The second-order valence-electron chi connectivity index (χ2n) is 5.45. The first-order valence-corrected chi connectivity index (χ1v) is 7.39.